The van der Waals surface area contributed by atoms with E-state index in [4.69, 9.17) is 0 Å². The normalized spacial score (nSPS) is 11.8. The molecule has 0 aliphatic carbocycles. The molecule has 20 heavy (non-hydrogen) atoms. The summed E-state index contributed by atoms with van der Waals surface area (Å²) in [4.78, 5) is 10.7. The molecule has 1 N–H and O–H groups in total. The van der Waals surface area contributed by atoms with Gasteiger partial charge in [-0.3, -0.25) is 0 Å². The Balaban J connectivity index is 3.02. The third-order valence-corrected chi connectivity index (χ3v) is 2.60. The first-order chi connectivity index (χ1) is 9.24. The van der Waals surface area contributed by atoms with Gasteiger partial charge in [0.05, 0.1) is 0 Å². The van der Waals surface area contributed by atoms with Gasteiger partial charge >= 0.3 is 6.18 Å². The zero-order chi connectivity index (χ0) is 15.3. The van der Waals surface area contributed by atoms with E-state index in [1.54, 1.807) is 18.9 Å². The van der Waals surface area contributed by atoms with Crippen molar-refractivity contribution in [1.82, 2.24) is 14.9 Å². The Morgan fingerprint density at radius 2 is 1.80 bits per heavy atom. The minimum Gasteiger partial charge on any atom is -0.370 e. The van der Waals surface area contributed by atoms with Gasteiger partial charge in [-0.25, -0.2) is 9.97 Å². The molecule has 1 aromatic heterocycles. The molecular weight excluding hydrogens is 271 g/mol. The monoisotopic (exact) mass is 291 g/mol. The van der Waals surface area contributed by atoms with Crippen molar-refractivity contribution in [3.8, 4) is 0 Å². The van der Waals surface area contributed by atoms with Crippen molar-refractivity contribution in [3.05, 3.63) is 11.9 Å². The standard InChI is InChI=1S/C12H20F3N5/c1-5-16-9-8-10(20(4)7-6-19(2)3)18-11(17-9)12(13,14)15/h8H,5-7H2,1-4H3,(H,16,17,18). The van der Waals surface area contributed by atoms with Gasteiger partial charge < -0.3 is 15.1 Å². The number of hydrogen-bond donors (Lipinski definition) is 1. The van der Waals surface area contributed by atoms with Crippen molar-refractivity contribution in [2.45, 2.75) is 13.1 Å². The Kier molecular flexibility index (Phi) is 5.55. The molecule has 0 saturated carbocycles. The van der Waals surface area contributed by atoms with E-state index >= 15 is 0 Å². The molecule has 8 heteroatoms. The molecule has 1 rings (SSSR count). The highest BCUT2D eigenvalue weighted by Crippen LogP contribution is 2.28. The van der Waals surface area contributed by atoms with E-state index in [2.05, 4.69) is 15.3 Å². The molecule has 0 saturated heterocycles. The molecule has 1 aromatic rings. The summed E-state index contributed by atoms with van der Waals surface area (Å²) in [6.07, 6.45) is -4.55. The molecule has 114 valence electrons. The average Bonchev–Trinajstić information content (AvgIpc) is 2.34. The molecule has 0 unspecified atom stereocenters. The lowest BCUT2D eigenvalue weighted by atomic mass is 10.4. The lowest BCUT2D eigenvalue weighted by Gasteiger charge is -2.22. The van der Waals surface area contributed by atoms with E-state index in [0.717, 1.165) is 6.54 Å². The number of likely N-dealkylation sites (N-methyl/N-ethyl adjacent to an activating group) is 2. The molecule has 0 atom stereocenters. The van der Waals surface area contributed by atoms with E-state index in [1.807, 2.05) is 19.0 Å². The third-order valence-electron chi connectivity index (χ3n) is 2.60. The second-order valence-corrected chi connectivity index (χ2v) is 4.69. The average molecular weight is 291 g/mol. The number of halogens is 3. The Morgan fingerprint density at radius 3 is 2.30 bits per heavy atom. The first-order valence-electron chi connectivity index (χ1n) is 6.30. The minimum absolute atomic E-state index is 0.182. The quantitative estimate of drug-likeness (QED) is 0.867. The maximum Gasteiger partial charge on any atom is 0.451 e. The Bertz CT molecular complexity index is 434. The van der Waals surface area contributed by atoms with Crippen molar-refractivity contribution < 1.29 is 13.2 Å². The van der Waals surface area contributed by atoms with Gasteiger partial charge in [-0.05, 0) is 21.0 Å². The van der Waals surface area contributed by atoms with Gasteiger partial charge in [-0.1, -0.05) is 0 Å². The topological polar surface area (TPSA) is 44.3 Å². The largest absolute Gasteiger partial charge is 0.451 e. The zero-order valence-electron chi connectivity index (χ0n) is 12.1. The molecule has 5 nitrogen and oxygen atoms in total. The van der Waals surface area contributed by atoms with Crippen LogP contribution in [0.3, 0.4) is 0 Å². The number of alkyl halides is 3. The van der Waals surface area contributed by atoms with Gasteiger partial charge in [0.1, 0.15) is 11.6 Å². The number of nitrogens with zero attached hydrogens (tertiary/aromatic N) is 4. The summed E-state index contributed by atoms with van der Waals surface area (Å²) in [5, 5.41) is 2.79. The van der Waals surface area contributed by atoms with Gasteiger partial charge in [0.25, 0.3) is 0 Å². The summed E-state index contributed by atoms with van der Waals surface area (Å²) < 4.78 is 38.4. The molecule has 0 aromatic carbocycles. The van der Waals surface area contributed by atoms with E-state index in [0.29, 0.717) is 13.1 Å². The molecule has 1 heterocycles. The van der Waals surface area contributed by atoms with Gasteiger partial charge in [0.15, 0.2) is 0 Å². The summed E-state index contributed by atoms with van der Waals surface area (Å²) in [5.41, 5.74) is 0. The van der Waals surface area contributed by atoms with Crippen molar-refractivity contribution in [2.24, 2.45) is 0 Å². The summed E-state index contributed by atoms with van der Waals surface area (Å²) >= 11 is 0. The molecule has 0 fully saturated rings. The van der Waals surface area contributed by atoms with Crippen LogP contribution in [0.15, 0.2) is 6.07 Å². The number of nitrogens with one attached hydrogen (secondary N) is 1. The fraction of sp³-hybridized carbons (Fsp3) is 0.667. The van der Waals surface area contributed by atoms with Crippen LogP contribution < -0.4 is 10.2 Å². The highest BCUT2D eigenvalue weighted by Gasteiger charge is 2.35. The number of anilines is 2. The number of hydrogen-bond acceptors (Lipinski definition) is 5. The fourth-order valence-corrected chi connectivity index (χ4v) is 1.49. The van der Waals surface area contributed by atoms with Crippen LogP contribution in [-0.4, -0.2) is 55.6 Å². The van der Waals surface area contributed by atoms with Gasteiger partial charge in [0.2, 0.25) is 5.82 Å². The van der Waals surface area contributed by atoms with Gasteiger partial charge in [0, 0.05) is 32.7 Å². The second kappa shape index (κ2) is 6.74. The van der Waals surface area contributed by atoms with Crippen LogP contribution in [0, 0.1) is 0 Å². The molecular formula is C12H20F3N5. The van der Waals surface area contributed by atoms with Crippen molar-refractivity contribution >= 4 is 11.6 Å². The van der Waals surface area contributed by atoms with E-state index in [9.17, 15) is 13.2 Å². The fourth-order valence-electron chi connectivity index (χ4n) is 1.49. The number of aromatic nitrogens is 2. The molecule has 0 bridgehead atoms. The summed E-state index contributed by atoms with van der Waals surface area (Å²) in [5.74, 6) is -0.686. The minimum atomic E-state index is -4.55. The third kappa shape index (κ3) is 4.84. The highest BCUT2D eigenvalue weighted by molar-refractivity contribution is 5.49. The van der Waals surface area contributed by atoms with E-state index in [1.165, 1.54) is 6.07 Å². The first-order valence-corrected chi connectivity index (χ1v) is 6.30. The maximum absolute atomic E-state index is 12.8. The molecule has 0 radical (unpaired) electrons. The van der Waals surface area contributed by atoms with Gasteiger partial charge in [-0.15, -0.1) is 0 Å². The Hall–Kier alpha value is -1.57. The van der Waals surface area contributed by atoms with E-state index < -0.39 is 12.0 Å². The van der Waals surface area contributed by atoms with Gasteiger partial charge in [-0.2, -0.15) is 13.2 Å². The SMILES string of the molecule is CCNc1cc(N(C)CCN(C)C)nc(C(F)(F)F)n1. The first kappa shape index (κ1) is 16.5. The van der Waals surface area contributed by atoms with Crippen LogP contribution in [0.25, 0.3) is 0 Å². The highest BCUT2D eigenvalue weighted by atomic mass is 19.4. The number of rotatable bonds is 6. The van der Waals surface area contributed by atoms with Crippen LogP contribution in [0.2, 0.25) is 0 Å². The summed E-state index contributed by atoms with van der Waals surface area (Å²) in [7, 11) is 5.51. The summed E-state index contributed by atoms with van der Waals surface area (Å²) in [6, 6.07) is 1.52. The molecule has 0 amide bonds. The molecule has 0 aliphatic heterocycles. The van der Waals surface area contributed by atoms with Crippen LogP contribution in [0.5, 0.6) is 0 Å². The predicted octanol–water partition coefficient (Wildman–Crippen LogP) is 1.92. The van der Waals surface area contributed by atoms with Crippen molar-refractivity contribution in [3.63, 3.8) is 0 Å². The summed E-state index contributed by atoms with van der Waals surface area (Å²) in [6.45, 7) is 3.59. The van der Waals surface area contributed by atoms with Crippen LogP contribution in [0.1, 0.15) is 12.7 Å². The van der Waals surface area contributed by atoms with Crippen molar-refractivity contribution in [1.29, 1.82) is 0 Å². The predicted molar refractivity (Wildman–Crippen MR) is 73.0 cm³/mol. The second-order valence-electron chi connectivity index (χ2n) is 4.69. The molecule has 0 spiro atoms. The Morgan fingerprint density at radius 1 is 1.15 bits per heavy atom. The van der Waals surface area contributed by atoms with Crippen LogP contribution in [0.4, 0.5) is 24.8 Å². The Labute approximate surface area is 116 Å². The smallest absolute Gasteiger partial charge is 0.370 e. The van der Waals surface area contributed by atoms with E-state index in [-0.39, 0.29) is 11.6 Å². The molecule has 0 aliphatic rings. The maximum atomic E-state index is 12.8. The van der Waals surface area contributed by atoms with Crippen LogP contribution >= 0.6 is 0 Å². The lowest BCUT2D eigenvalue weighted by molar-refractivity contribution is -0.144. The zero-order valence-corrected chi connectivity index (χ0v) is 12.1. The lowest BCUT2D eigenvalue weighted by Crippen LogP contribution is -2.29. The van der Waals surface area contributed by atoms with Crippen LogP contribution in [-0.2, 0) is 6.18 Å². The van der Waals surface area contributed by atoms with Crippen molar-refractivity contribution in [2.75, 3.05) is 51.0 Å².